The molecular weight excluding hydrogens is 499 g/mol. The van der Waals surface area contributed by atoms with Crippen molar-refractivity contribution >= 4 is 17.6 Å². The van der Waals surface area contributed by atoms with Crippen LogP contribution in [0.25, 0.3) is 16.9 Å². The molecule has 1 N–H and O–H groups in total. The first-order valence-electron chi connectivity index (χ1n) is 12.6. The SMILES string of the molecule is Cc1c(C(=O)NCCC2CCN(C(=O)OC(C)(C)C)CC2)cnc2cc(-c3cccc(C(F)(F)F)c3)nn12. The summed E-state index contributed by atoms with van der Waals surface area (Å²) in [5.41, 5.74) is 0.683. The minimum absolute atomic E-state index is 0.292. The van der Waals surface area contributed by atoms with Crippen LogP contribution in [-0.4, -0.2) is 56.7 Å². The van der Waals surface area contributed by atoms with Crippen molar-refractivity contribution in [3.05, 3.63) is 53.3 Å². The molecule has 1 saturated heterocycles. The summed E-state index contributed by atoms with van der Waals surface area (Å²) in [7, 11) is 0. The van der Waals surface area contributed by atoms with Crippen molar-refractivity contribution in [2.24, 2.45) is 5.92 Å². The maximum Gasteiger partial charge on any atom is 0.416 e. The smallest absolute Gasteiger partial charge is 0.416 e. The maximum absolute atomic E-state index is 13.1. The third-order valence-electron chi connectivity index (χ3n) is 6.56. The Hall–Kier alpha value is -3.63. The first kappa shape index (κ1) is 27.4. The molecule has 3 heterocycles. The van der Waals surface area contributed by atoms with Crippen molar-refractivity contribution in [1.82, 2.24) is 24.8 Å². The zero-order valence-electron chi connectivity index (χ0n) is 21.9. The van der Waals surface area contributed by atoms with Gasteiger partial charge in [0.25, 0.3) is 5.91 Å². The maximum atomic E-state index is 13.1. The number of halogens is 3. The molecule has 8 nitrogen and oxygen atoms in total. The number of rotatable bonds is 5. The summed E-state index contributed by atoms with van der Waals surface area (Å²) >= 11 is 0. The molecule has 11 heteroatoms. The van der Waals surface area contributed by atoms with E-state index in [0.717, 1.165) is 31.4 Å². The Morgan fingerprint density at radius 1 is 1.13 bits per heavy atom. The van der Waals surface area contributed by atoms with Crippen molar-refractivity contribution in [2.75, 3.05) is 19.6 Å². The molecular formula is C27H32F3N5O3. The van der Waals surface area contributed by atoms with Crippen LogP contribution < -0.4 is 5.32 Å². The van der Waals surface area contributed by atoms with Gasteiger partial charge in [0.15, 0.2) is 5.65 Å². The van der Waals surface area contributed by atoms with Crippen LogP contribution in [-0.2, 0) is 10.9 Å². The molecule has 1 aromatic carbocycles. The van der Waals surface area contributed by atoms with Gasteiger partial charge in [-0.05, 0) is 65.0 Å². The van der Waals surface area contributed by atoms with Gasteiger partial charge in [-0.2, -0.15) is 18.3 Å². The van der Waals surface area contributed by atoms with Gasteiger partial charge in [0.1, 0.15) is 5.60 Å². The number of benzene rings is 1. The van der Waals surface area contributed by atoms with Crippen LogP contribution in [0.1, 0.15) is 61.6 Å². The molecule has 0 atom stereocenters. The van der Waals surface area contributed by atoms with Gasteiger partial charge >= 0.3 is 12.3 Å². The minimum atomic E-state index is -4.45. The summed E-state index contributed by atoms with van der Waals surface area (Å²) in [5, 5.41) is 7.34. The number of piperidine rings is 1. The van der Waals surface area contributed by atoms with E-state index in [9.17, 15) is 22.8 Å². The second kappa shape index (κ2) is 10.6. The van der Waals surface area contributed by atoms with Gasteiger partial charge in [0.05, 0.1) is 22.5 Å². The van der Waals surface area contributed by atoms with Crippen molar-refractivity contribution in [3.8, 4) is 11.3 Å². The van der Waals surface area contributed by atoms with E-state index >= 15 is 0 Å². The number of ether oxygens (including phenoxy) is 1. The van der Waals surface area contributed by atoms with E-state index in [2.05, 4.69) is 15.4 Å². The number of amides is 2. The molecule has 204 valence electrons. The quantitative estimate of drug-likeness (QED) is 0.470. The van der Waals surface area contributed by atoms with E-state index in [1.165, 1.54) is 16.8 Å². The van der Waals surface area contributed by atoms with Crippen molar-refractivity contribution in [1.29, 1.82) is 0 Å². The lowest BCUT2D eigenvalue weighted by Crippen LogP contribution is -2.42. The van der Waals surface area contributed by atoms with Gasteiger partial charge in [0, 0.05) is 37.5 Å². The lowest BCUT2D eigenvalue weighted by Gasteiger charge is -2.33. The molecule has 3 aromatic rings. The predicted molar refractivity (Wildman–Crippen MR) is 136 cm³/mol. The highest BCUT2D eigenvalue weighted by atomic mass is 19.4. The van der Waals surface area contributed by atoms with Gasteiger partial charge in [-0.1, -0.05) is 12.1 Å². The number of aromatic nitrogens is 3. The predicted octanol–water partition coefficient (Wildman–Crippen LogP) is 5.49. The van der Waals surface area contributed by atoms with Crippen LogP contribution in [0.15, 0.2) is 36.5 Å². The number of hydrogen-bond acceptors (Lipinski definition) is 5. The summed E-state index contributed by atoms with van der Waals surface area (Å²) in [6, 6.07) is 6.53. The second-order valence-corrected chi connectivity index (χ2v) is 10.6. The number of alkyl halides is 3. The molecule has 0 unspecified atom stereocenters. The van der Waals surface area contributed by atoms with Crippen molar-refractivity contribution < 1.29 is 27.5 Å². The number of hydrogen-bond donors (Lipinski definition) is 1. The normalized spacial score (nSPS) is 15.1. The molecule has 0 radical (unpaired) electrons. The van der Waals surface area contributed by atoms with Crippen LogP contribution in [0, 0.1) is 12.8 Å². The topological polar surface area (TPSA) is 88.8 Å². The van der Waals surface area contributed by atoms with Gasteiger partial charge in [0.2, 0.25) is 0 Å². The van der Waals surface area contributed by atoms with Crippen LogP contribution in [0.2, 0.25) is 0 Å². The summed E-state index contributed by atoms with van der Waals surface area (Å²) in [4.78, 5) is 31.1. The van der Waals surface area contributed by atoms with E-state index in [-0.39, 0.29) is 12.0 Å². The Labute approximate surface area is 219 Å². The van der Waals surface area contributed by atoms with Crippen molar-refractivity contribution in [2.45, 2.75) is 58.7 Å². The van der Waals surface area contributed by atoms with E-state index in [0.29, 0.717) is 53.7 Å². The Bertz CT molecular complexity index is 1320. The second-order valence-electron chi connectivity index (χ2n) is 10.6. The van der Waals surface area contributed by atoms with Gasteiger partial charge in [-0.3, -0.25) is 4.79 Å². The average molecular weight is 532 g/mol. The van der Waals surface area contributed by atoms with E-state index in [1.807, 2.05) is 20.8 Å². The van der Waals surface area contributed by atoms with E-state index in [4.69, 9.17) is 4.74 Å². The third kappa shape index (κ3) is 6.43. The van der Waals surface area contributed by atoms with Crippen LogP contribution in [0.3, 0.4) is 0 Å². The summed E-state index contributed by atoms with van der Waals surface area (Å²) in [6.45, 7) is 8.98. The lowest BCUT2D eigenvalue weighted by atomic mass is 9.94. The minimum Gasteiger partial charge on any atom is -0.444 e. The molecule has 1 fully saturated rings. The molecule has 38 heavy (non-hydrogen) atoms. The number of aryl methyl sites for hydroxylation is 1. The average Bonchev–Trinajstić information content (AvgIpc) is 3.29. The van der Waals surface area contributed by atoms with Crippen LogP contribution in [0.5, 0.6) is 0 Å². The molecule has 1 aliphatic rings. The fourth-order valence-electron chi connectivity index (χ4n) is 4.48. The molecule has 2 amide bonds. The molecule has 0 bridgehead atoms. The Morgan fingerprint density at radius 3 is 2.50 bits per heavy atom. The highest BCUT2D eigenvalue weighted by Crippen LogP contribution is 2.32. The van der Waals surface area contributed by atoms with E-state index in [1.54, 1.807) is 24.0 Å². The lowest BCUT2D eigenvalue weighted by molar-refractivity contribution is -0.137. The van der Waals surface area contributed by atoms with Crippen molar-refractivity contribution in [3.63, 3.8) is 0 Å². The highest BCUT2D eigenvalue weighted by Gasteiger charge is 2.31. The zero-order valence-corrected chi connectivity index (χ0v) is 21.9. The molecule has 0 spiro atoms. The monoisotopic (exact) mass is 531 g/mol. The fraction of sp³-hybridized carbons (Fsp3) is 0.481. The van der Waals surface area contributed by atoms with Gasteiger partial charge in [-0.15, -0.1) is 0 Å². The Kier molecular flexibility index (Phi) is 7.66. The third-order valence-corrected chi connectivity index (χ3v) is 6.56. The molecule has 0 saturated carbocycles. The highest BCUT2D eigenvalue weighted by molar-refractivity contribution is 5.95. The van der Waals surface area contributed by atoms with Gasteiger partial charge < -0.3 is 15.0 Å². The standard InChI is InChI=1S/C27H32F3N5O3/c1-17-21(24(36)31-11-8-18-9-12-34(13-10-18)25(37)38-26(2,3)4)16-32-23-15-22(33-35(17)23)19-6-5-7-20(14-19)27(28,29)30/h5-7,14-16,18H,8-13H2,1-4H3,(H,31,36). The first-order valence-corrected chi connectivity index (χ1v) is 12.6. The summed E-state index contributed by atoms with van der Waals surface area (Å²) in [6.07, 6.45) is -0.831. The summed E-state index contributed by atoms with van der Waals surface area (Å²) in [5.74, 6) is 0.0935. The summed E-state index contributed by atoms with van der Waals surface area (Å²) < 4.78 is 46.2. The van der Waals surface area contributed by atoms with Gasteiger partial charge in [-0.25, -0.2) is 14.3 Å². The number of nitrogens with zero attached hydrogens (tertiary/aromatic N) is 4. The Balaban J connectivity index is 1.35. The first-order chi connectivity index (χ1) is 17.8. The molecule has 0 aliphatic carbocycles. The molecule has 1 aliphatic heterocycles. The van der Waals surface area contributed by atoms with E-state index < -0.39 is 17.3 Å². The largest absolute Gasteiger partial charge is 0.444 e. The number of nitrogens with one attached hydrogen (secondary N) is 1. The van der Waals surface area contributed by atoms with Crippen LogP contribution >= 0.6 is 0 Å². The van der Waals surface area contributed by atoms with Crippen LogP contribution in [0.4, 0.5) is 18.0 Å². The number of fused-ring (bicyclic) bond motifs is 1. The number of carbonyl (C=O) groups excluding carboxylic acids is 2. The molecule has 2 aromatic heterocycles. The number of carbonyl (C=O) groups is 2. The Morgan fingerprint density at radius 2 is 1.84 bits per heavy atom. The number of likely N-dealkylation sites (tertiary alicyclic amines) is 1. The fourth-order valence-corrected chi connectivity index (χ4v) is 4.48. The molecule has 4 rings (SSSR count). The zero-order chi connectivity index (χ0) is 27.7.